The monoisotopic (exact) mass is 264 g/mol. The highest BCUT2D eigenvalue weighted by Gasteiger charge is 2.21. The quantitative estimate of drug-likeness (QED) is 0.508. The summed E-state index contributed by atoms with van der Waals surface area (Å²) in [6.07, 6.45) is 3.28. The number of amides is 1. The van der Waals surface area contributed by atoms with E-state index in [4.69, 9.17) is 5.84 Å². The lowest BCUT2D eigenvalue weighted by Gasteiger charge is -2.31. The molecule has 0 radical (unpaired) electrons. The standard InChI is InChI=1S/C12H16N4O3/c13-15(14-9-3-1-2-4-12(14)17)10-5-7-11(8-6-10)16(18)19/h5-8H,1-4,9,13H2. The average molecular weight is 264 g/mol. The number of carbonyl (C=O) groups excluding carboxylic acids is 1. The molecule has 0 aromatic heterocycles. The van der Waals surface area contributed by atoms with Gasteiger partial charge in [-0.05, 0) is 25.0 Å². The molecule has 1 aliphatic heterocycles. The molecule has 19 heavy (non-hydrogen) atoms. The number of nitro benzene ring substituents is 1. The second-order valence-corrected chi connectivity index (χ2v) is 4.45. The van der Waals surface area contributed by atoms with E-state index in [1.807, 2.05) is 0 Å². The molecule has 0 aliphatic carbocycles. The summed E-state index contributed by atoms with van der Waals surface area (Å²) in [5, 5.41) is 13.3. The molecule has 1 aromatic carbocycles. The lowest BCUT2D eigenvalue weighted by Crippen LogP contribution is -2.51. The third-order valence-corrected chi connectivity index (χ3v) is 3.13. The molecule has 7 heteroatoms. The number of nitrogens with two attached hydrogens (primary N) is 1. The number of nitrogens with zero attached hydrogens (tertiary/aromatic N) is 3. The fraction of sp³-hybridized carbons (Fsp3) is 0.417. The van der Waals surface area contributed by atoms with Gasteiger partial charge < -0.3 is 0 Å². The van der Waals surface area contributed by atoms with Gasteiger partial charge in [0.2, 0.25) is 5.91 Å². The summed E-state index contributed by atoms with van der Waals surface area (Å²) >= 11 is 0. The summed E-state index contributed by atoms with van der Waals surface area (Å²) in [6, 6.07) is 5.82. The van der Waals surface area contributed by atoms with E-state index in [1.165, 1.54) is 34.4 Å². The molecule has 0 saturated carbocycles. The van der Waals surface area contributed by atoms with Crippen molar-refractivity contribution in [3.63, 3.8) is 0 Å². The molecule has 1 aromatic rings. The zero-order valence-electron chi connectivity index (χ0n) is 10.5. The van der Waals surface area contributed by atoms with E-state index >= 15 is 0 Å². The maximum atomic E-state index is 11.9. The van der Waals surface area contributed by atoms with Gasteiger partial charge in [-0.2, -0.15) is 0 Å². The molecule has 2 rings (SSSR count). The summed E-state index contributed by atoms with van der Waals surface area (Å²) in [5.74, 6) is 5.91. The molecular formula is C12H16N4O3. The Labute approximate surface area is 110 Å². The van der Waals surface area contributed by atoms with Crippen molar-refractivity contribution in [3.05, 3.63) is 34.4 Å². The molecule has 102 valence electrons. The second kappa shape index (κ2) is 5.66. The van der Waals surface area contributed by atoms with E-state index in [9.17, 15) is 14.9 Å². The lowest BCUT2D eigenvalue weighted by molar-refractivity contribution is -0.384. The Morgan fingerprint density at radius 1 is 1.21 bits per heavy atom. The Bertz CT molecular complexity index is 474. The van der Waals surface area contributed by atoms with Crippen LogP contribution in [0.3, 0.4) is 0 Å². The molecule has 2 N–H and O–H groups in total. The van der Waals surface area contributed by atoms with Crippen molar-refractivity contribution in [1.29, 1.82) is 0 Å². The molecule has 1 heterocycles. The van der Waals surface area contributed by atoms with Crippen LogP contribution in [0.25, 0.3) is 0 Å². The van der Waals surface area contributed by atoms with Gasteiger partial charge in [-0.25, -0.2) is 16.0 Å². The molecule has 1 aliphatic rings. The largest absolute Gasteiger partial charge is 0.273 e. The first-order valence-corrected chi connectivity index (χ1v) is 6.19. The topological polar surface area (TPSA) is 92.7 Å². The van der Waals surface area contributed by atoms with Crippen molar-refractivity contribution < 1.29 is 9.72 Å². The predicted molar refractivity (Wildman–Crippen MR) is 69.9 cm³/mol. The fourth-order valence-electron chi connectivity index (χ4n) is 2.06. The molecule has 1 amide bonds. The minimum Gasteiger partial charge on any atom is -0.273 e. The van der Waals surface area contributed by atoms with Gasteiger partial charge in [-0.3, -0.25) is 14.9 Å². The third-order valence-electron chi connectivity index (χ3n) is 3.13. The number of benzene rings is 1. The van der Waals surface area contributed by atoms with Crippen LogP contribution in [0.1, 0.15) is 25.7 Å². The molecule has 1 saturated heterocycles. The fourth-order valence-corrected chi connectivity index (χ4v) is 2.06. The van der Waals surface area contributed by atoms with Crippen molar-refractivity contribution >= 4 is 17.3 Å². The van der Waals surface area contributed by atoms with E-state index in [0.717, 1.165) is 19.3 Å². The number of hydrogen-bond donors (Lipinski definition) is 1. The highest BCUT2D eigenvalue weighted by atomic mass is 16.6. The number of hydrazine groups is 2. The number of non-ortho nitro benzene ring substituents is 1. The van der Waals surface area contributed by atoms with Crippen LogP contribution < -0.4 is 11.0 Å². The minimum absolute atomic E-state index is 0.000608. The van der Waals surface area contributed by atoms with Gasteiger partial charge >= 0.3 is 0 Å². The molecule has 7 nitrogen and oxygen atoms in total. The van der Waals surface area contributed by atoms with Crippen LogP contribution in [0, 0.1) is 10.1 Å². The van der Waals surface area contributed by atoms with Crippen molar-refractivity contribution in [2.75, 3.05) is 11.7 Å². The highest BCUT2D eigenvalue weighted by molar-refractivity contribution is 5.78. The second-order valence-electron chi connectivity index (χ2n) is 4.45. The summed E-state index contributed by atoms with van der Waals surface area (Å²) < 4.78 is 0. The number of nitro groups is 1. The number of hydrogen-bond acceptors (Lipinski definition) is 5. The summed E-state index contributed by atoms with van der Waals surface area (Å²) in [5.41, 5.74) is 0.556. The smallest absolute Gasteiger partial charge is 0.269 e. The molecule has 0 atom stereocenters. The summed E-state index contributed by atoms with van der Waals surface area (Å²) in [7, 11) is 0. The van der Waals surface area contributed by atoms with E-state index in [1.54, 1.807) is 0 Å². The van der Waals surface area contributed by atoms with Gasteiger partial charge in [-0.1, -0.05) is 6.42 Å². The Hall–Kier alpha value is -2.15. The molecule has 1 fully saturated rings. The van der Waals surface area contributed by atoms with Gasteiger partial charge in [0.1, 0.15) is 0 Å². The molecule has 0 spiro atoms. The maximum absolute atomic E-state index is 11.9. The Morgan fingerprint density at radius 3 is 2.53 bits per heavy atom. The van der Waals surface area contributed by atoms with E-state index in [-0.39, 0.29) is 11.6 Å². The first-order valence-electron chi connectivity index (χ1n) is 6.19. The van der Waals surface area contributed by atoms with Gasteiger partial charge in [0.15, 0.2) is 0 Å². The summed E-state index contributed by atoms with van der Waals surface area (Å²) in [4.78, 5) is 22.0. The Balaban J connectivity index is 2.15. The normalized spacial score (nSPS) is 16.1. The SMILES string of the molecule is NN(c1ccc([N+](=O)[O-])cc1)N1CCCCCC1=O. The van der Waals surface area contributed by atoms with Crippen LogP contribution in [0.15, 0.2) is 24.3 Å². The molecule has 0 bridgehead atoms. The Kier molecular flexibility index (Phi) is 3.96. The van der Waals surface area contributed by atoms with Crippen LogP contribution in [-0.4, -0.2) is 22.4 Å². The van der Waals surface area contributed by atoms with E-state index in [2.05, 4.69) is 0 Å². The van der Waals surface area contributed by atoms with Gasteiger partial charge in [0.05, 0.1) is 10.6 Å². The average Bonchev–Trinajstić information content (AvgIpc) is 2.63. The van der Waals surface area contributed by atoms with Crippen molar-refractivity contribution in [2.24, 2.45) is 5.84 Å². The summed E-state index contributed by atoms with van der Waals surface area (Å²) in [6.45, 7) is 0.576. The van der Waals surface area contributed by atoms with Crippen LogP contribution in [0.2, 0.25) is 0 Å². The maximum Gasteiger partial charge on any atom is 0.269 e. The first kappa shape index (κ1) is 13.3. The van der Waals surface area contributed by atoms with Crippen LogP contribution >= 0.6 is 0 Å². The van der Waals surface area contributed by atoms with Crippen LogP contribution in [0.4, 0.5) is 11.4 Å². The zero-order valence-corrected chi connectivity index (χ0v) is 10.5. The highest BCUT2D eigenvalue weighted by Crippen LogP contribution is 2.21. The zero-order chi connectivity index (χ0) is 13.8. The number of carbonyl (C=O) groups is 1. The van der Waals surface area contributed by atoms with Crippen LogP contribution in [-0.2, 0) is 4.79 Å². The first-order chi connectivity index (χ1) is 9.09. The predicted octanol–water partition coefficient (Wildman–Crippen LogP) is 1.59. The van der Waals surface area contributed by atoms with Crippen molar-refractivity contribution in [2.45, 2.75) is 25.7 Å². The molecular weight excluding hydrogens is 248 g/mol. The van der Waals surface area contributed by atoms with Crippen molar-refractivity contribution in [1.82, 2.24) is 5.01 Å². The molecule has 0 unspecified atom stereocenters. The number of anilines is 1. The van der Waals surface area contributed by atoms with E-state index in [0.29, 0.717) is 18.7 Å². The van der Waals surface area contributed by atoms with Gasteiger partial charge in [-0.15, -0.1) is 0 Å². The van der Waals surface area contributed by atoms with Gasteiger partial charge in [0, 0.05) is 25.1 Å². The number of rotatable bonds is 3. The third kappa shape index (κ3) is 3.00. The minimum atomic E-state index is -0.471. The Morgan fingerprint density at radius 2 is 1.89 bits per heavy atom. The lowest BCUT2D eigenvalue weighted by atomic mass is 10.2. The van der Waals surface area contributed by atoms with Crippen LogP contribution in [0.5, 0.6) is 0 Å². The van der Waals surface area contributed by atoms with E-state index < -0.39 is 4.92 Å². The van der Waals surface area contributed by atoms with Gasteiger partial charge in [0.25, 0.3) is 5.69 Å². The van der Waals surface area contributed by atoms with Crippen molar-refractivity contribution in [3.8, 4) is 0 Å².